The maximum Gasteiger partial charge on any atom is 0.338 e. The van der Waals surface area contributed by atoms with Gasteiger partial charge in [-0.2, -0.15) is 0 Å². The van der Waals surface area contributed by atoms with Crippen molar-refractivity contribution in [2.45, 2.75) is 51.1 Å². The van der Waals surface area contributed by atoms with Crippen LogP contribution in [0.25, 0.3) is 0 Å². The fourth-order valence-corrected chi connectivity index (χ4v) is 3.06. The molecule has 110 valence electrons. The molecule has 0 N–H and O–H groups in total. The Morgan fingerprint density at radius 1 is 1.20 bits per heavy atom. The molecule has 1 aliphatic rings. The predicted molar refractivity (Wildman–Crippen MR) is 80.7 cm³/mol. The molecule has 0 spiro atoms. The van der Waals surface area contributed by atoms with Gasteiger partial charge in [0.15, 0.2) is 0 Å². The Kier molecular flexibility index (Phi) is 5.60. The van der Waals surface area contributed by atoms with E-state index in [1.54, 1.807) is 0 Å². The molecule has 0 aromatic heterocycles. The van der Waals surface area contributed by atoms with E-state index < -0.39 is 0 Å². The van der Waals surface area contributed by atoms with Crippen molar-refractivity contribution in [3.05, 3.63) is 35.4 Å². The first-order chi connectivity index (χ1) is 9.72. The summed E-state index contributed by atoms with van der Waals surface area (Å²) in [6, 6.07) is 8.40. The summed E-state index contributed by atoms with van der Waals surface area (Å²) in [5.74, 6) is -0.241. The third-order valence-electron chi connectivity index (χ3n) is 4.29. The van der Waals surface area contributed by atoms with E-state index in [0.29, 0.717) is 11.6 Å². The molecule has 0 radical (unpaired) electrons. The van der Waals surface area contributed by atoms with Crippen LogP contribution in [0.1, 0.15) is 54.4 Å². The van der Waals surface area contributed by atoms with E-state index in [1.807, 2.05) is 24.3 Å². The number of methoxy groups -OCH3 is 1. The summed E-state index contributed by atoms with van der Waals surface area (Å²) in [5, 5.41) is 0. The number of benzene rings is 1. The lowest BCUT2D eigenvalue weighted by molar-refractivity contribution is 0.0598. The highest BCUT2D eigenvalue weighted by molar-refractivity contribution is 5.90. The molecule has 0 unspecified atom stereocenters. The summed E-state index contributed by atoms with van der Waals surface area (Å²) in [7, 11) is 3.61. The summed E-state index contributed by atoms with van der Waals surface area (Å²) >= 11 is 0. The lowest BCUT2D eigenvalue weighted by Crippen LogP contribution is -2.31. The maximum atomic E-state index is 11.8. The number of nitrogens with zero attached hydrogens (tertiary/aromatic N) is 1. The van der Waals surface area contributed by atoms with Crippen molar-refractivity contribution >= 4 is 5.97 Å². The van der Waals surface area contributed by atoms with Crippen molar-refractivity contribution in [1.29, 1.82) is 0 Å². The van der Waals surface area contributed by atoms with Gasteiger partial charge in [-0.3, -0.25) is 4.90 Å². The number of carbonyl (C=O) groups excluding carboxylic acids is 1. The minimum absolute atomic E-state index is 0.241. The standard InChI is InChI=1S/C17H25NO2/c1-18(15-10-5-3-4-6-11-15)13-14-9-7-8-12-16(14)17(19)20-2/h7-9,12,15H,3-6,10-11,13H2,1-2H3. The molecule has 0 amide bonds. The molecule has 1 saturated carbocycles. The van der Waals surface area contributed by atoms with Crippen LogP contribution in [0.15, 0.2) is 24.3 Å². The van der Waals surface area contributed by atoms with Crippen molar-refractivity contribution in [2.75, 3.05) is 14.2 Å². The minimum atomic E-state index is -0.241. The number of hydrogen-bond acceptors (Lipinski definition) is 3. The molecular weight excluding hydrogens is 250 g/mol. The Balaban J connectivity index is 2.06. The van der Waals surface area contributed by atoms with Crippen LogP contribution < -0.4 is 0 Å². The van der Waals surface area contributed by atoms with Gasteiger partial charge in [0.1, 0.15) is 0 Å². The zero-order valence-corrected chi connectivity index (χ0v) is 12.6. The monoisotopic (exact) mass is 275 g/mol. The van der Waals surface area contributed by atoms with Crippen LogP contribution in [0, 0.1) is 0 Å². The highest BCUT2D eigenvalue weighted by Gasteiger charge is 2.19. The Hall–Kier alpha value is -1.35. The topological polar surface area (TPSA) is 29.5 Å². The molecule has 2 rings (SSSR count). The zero-order valence-electron chi connectivity index (χ0n) is 12.6. The molecular formula is C17H25NO2. The van der Waals surface area contributed by atoms with E-state index in [0.717, 1.165) is 12.1 Å². The van der Waals surface area contributed by atoms with Crippen LogP contribution in [-0.4, -0.2) is 31.1 Å². The third kappa shape index (κ3) is 3.83. The highest BCUT2D eigenvalue weighted by atomic mass is 16.5. The van der Waals surface area contributed by atoms with Crippen molar-refractivity contribution in [2.24, 2.45) is 0 Å². The summed E-state index contributed by atoms with van der Waals surface area (Å²) < 4.78 is 4.87. The number of carbonyl (C=O) groups is 1. The van der Waals surface area contributed by atoms with Crippen LogP contribution in [-0.2, 0) is 11.3 Å². The van der Waals surface area contributed by atoms with E-state index in [-0.39, 0.29) is 5.97 Å². The third-order valence-corrected chi connectivity index (χ3v) is 4.29. The summed E-state index contributed by atoms with van der Waals surface area (Å²) in [6.07, 6.45) is 7.93. The second-order valence-electron chi connectivity index (χ2n) is 5.71. The van der Waals surface area contributed by atoms with Crippen LogP contribution in [0.5, 0.6) is 0 Å². The molecule has 0 atom stereocenters. The van der Waals surface area contributed by atoms with Gasteiger partial charge in [-0.15, -0.1) is 0 Å². The molecule has 1 aliphatic carbocycles. The minimum Gasteiger partial charge on any atom is -0.465 e. The zero-order chi connectivity index (χ0) is 14.4. The van der Waals surface area contributed by atoms with Crippen molar-refractivity contribution in [3.63, 3.8) is 0 Å². The van der Waals surface area contributed by atoms with Gasteiger partial charge < -0.3 is 4.74 Å². The van der Waals surface area contributed by atoms with Crippen molar-refractivity contribution in [3.8, 4) is 0 Å². The summed E-state index contributed by atoms with van der Waals surface area (Å²) in [5.41, 5.74) is 1.75. The van der Waals surface area contributed by atoms with Gasteiger partial charge in [0.05, 0.1) is 12.7 Å². The molecule has 3 nitrogen and oxygen atoms in total. The molecule has 0 bridgehead atoms. The van der Waals surface area contributed by atoms with E-state index in [2.05, 4.69) is 11.9 Å². The molecule has 0 aliphatic heterocycles. The second kappa shape index (κ2) is 7.44. The van der Waals surface area contributed by atoms with E-state index in [1.165, 1.54) is 45.6 Å². The number of rotatable bonds is 4. The van der Waals surface area contributed by atoms with Gasteiger partial charge in [0.2, 0.25) is 0 Å². The predicted octanol–water partition coefficient (Wildman–Crippen LogP) is 3.63. The fraction of sp³-hybridized carbons (Fsp3) is 0.588. The SMILES string of the molecule is COC(=O)c1ccccc1CN(C)C1CCCCCC1. The fourth-order valence-electron chi connectivity index (χ4n) is 3.06. The van der Waals surface area contributed by atoms with Crippen LogP contribution in [0.4, 0.5) is 0 Å². The van der Waals surface area contributed by atoms with E-state index >= 15 is 0 Å². The largest absolute Gasteiger partial charge is 0.465 e. The lowest BCUT2D eigenvalue weighted by atomic mass is 10.0. The van der Waals surface area contributed by atoms with Crippen LogP contribution in [0.2, 0.25) is 0 Å². The first-order valence-corrected chi connectivity index (χ1v) is 7.59. The van der Waals surface area contributed by atoms with Gasteiger partial charge in [0, 0.05) is 12.6 Å². The quantitative estimate of drug-likeness (QED) is 0.621. The van der Waals surface area contributed by atoms with E-state index in [9.17, 15) is 4.79 Å². The van der Waals surface area contributed by atoms with Gasteiger partial charge in [-0.1, -0.05) is 43.9 Å². The Labute approximate surface area is 121 Å². The first kappa shape index (κ1) is 15.0. The Morgan fingerprint density at radius 3 is 2.50 bits per heavy atom. The van der Waals surface area contributed by atoms with Gasteiger partial charge in [0.25, 0.3) is 0 Å². The first-order valence-electron chi connectivity index (χ1n) is 7.59. The van der Waals surface area contributed by atoms with Crippen LogP contribution >= 0.6 is 0 Å². The summed E-state index contributed by atoms with van der Waals surface area (Å²) in [6.45, 7) is 0.815. The Bertz CT molecular complexity index is 436. The molecule has 1 aromatic carbocycles. The van der Waals surface area contributed by atoms with E-state index in [4.69, 9.17) is 4.74 Å². The average Bonchev–Trinajstić information content (AvgIpc) is 2.76. The number of hydrogen-bond donors (Lipinski definition) is 0. The molecule has 0 saturated heterocycles. The Morgan fingerprint density at radius 2 is 1.85 bits per heavy atom. The molecule has 20 heavy (non-hydrogen) atoms. The van der Waals surface area contributed by atoms with Crippen molar-refractivity contribution < 1.29 is 9.53 Å². The van der Waals surface area contributed by atoms with Gasteiger partial charge in [-0.25, -0.2) is 4.79 Å². The molecule has 3 heteroatoms. The lowest BCUT2D eigenvalue weighted by Gasteiger charge is -2.27. The number of esters is 1. The smallest absolute Gasteiger partial charge is 0.338 e. The van der Waals surface area contributed by atoms with Gasteiger partial charge >= 0.3 is 5.97 Å². The molecule has 1 fully saturated rings. The maximum absolute atomic E-state index is 11.8. The average molecular weight is 275 g/mol. The number of ether oxygens (including phenoxy) is 1. The highest BCUT2D eigenvalue weighted by Crippen LogP contribution is 2.23. The molecule has 0 heterocycles. The molecule has 1 aromatic rings. The van der Waals surface area contributed by atoms with Crippen molar-refractivity contribution in [1.82, 2.24) is 4.90 Å². The second-order valence-corrected chi connectivity index (χ2v) is 5.71. The van der Waals surface area contributed by atoms with Crippen LogP contribution in [0.3, 0.4) is 0 Å². The van der Waals surface area contributed by atoms with Gasteiger partial charge in [-0.05, 0) is 31.5 Å². The summed E-state index contributed by atoms with van der Waals surface area (Å²) in [4.78, 5) is 14.2. The normalized spacial score (nSPS) is 16.9.